The van der Waals surface area contributed by atoms with Crippen LogP contribution in [0.5, 0.6) is 17.5 Å². The van der Waals surface area contributed by atoms with Gasteiger partial charge in [-0.2, -0.15) is 0 Å². The van der Waals surface area contributed by atoms with Gasteiger partial charge in [0.15, 0.2) is 0 Å². The SMILES string of the molecule is COc1cccc(Oc2ncc(B(O)O)cn2)c1. The topological polar surface area (TPSA) is 84.7 Å². The molecule has 0 saturated carbocycles. The zero-order valence-electron chi connectivity index (χ0n) is 9.65. The lowest BCUT2D eigenvalue weighted by Crippen LogP contribution is -2.30. The summed E-state index contributed by atoms with van der Waals surface area (Å²) in [6.07, 6.45) is 2.57. The Kier molecular flexibility index (Phi) is 3.76. The van der Waals surface area contributed by atoms with Gasteiger partial charge in [-0.1, -0.05) is 6.07 Å². The third-order valence-electron chi connectivity index (χ3n) is 2.20. The molecule has 0 atom stereocenters. The summed E-state index contributed by atoms with van der Waals surface area (Å²) in [7, 11) is -0.0246. The van der Waals surface area contributed by atoms with E-state index in [4.69, 9.17) is 19.5 Å². The van der Waals surface area contributed by atoms with E-state index in [-0.39, 0.29) is 11.5 Å². The van der Waals surface area contributed by atoms with Crippen LogP contribution in [0.4, 0.5) is 0 Å². The summed E-state index contributed by atoms with van der Waals surface area (Å²) in [5.74, 6) is 1.20. The van der Waals surface area contributed by atoms with E-state index >= 15 is 0 Å². The molecule has 0 fully saturated rings. The van der Waals surface area contributed by atoms with Crippen molar-refractivity contribution in [3.05, 3.63) is 36.7 Å². The Hall–Kier alpha value is -2.12. The van der Waals surface area contributed by atoms with Crippen molar-refractivity contribution in [2.75, 3.05) is 7.11 Å². The fourth-order valence-electron chi connectivity index (χ4n) is 1.28. The number of aromatic nitrogens is 2. The molecule has 92 valence electrons. The average molecular weight is 246 g/mol. The van der Waals surface area contributed by atoms with Gasteiger partial charge < -0.3 is 19.5 Å². The highest BCUT2D eigenvalue weighted by Gasteiger charge is 2.12. The standard InChI is InChI=1S/C11H11BN2O4/c1-17-9-3-2-4-10(5-9)18-11-13-6-8(7-14-11)12(15)16/h2-7,15-16H,1H3. The Labute approximate surface area is 104 Å². The van der Waals surface area contributed by atoms with Gasteiger partial charge in [0.25, 0.3) is 0 Å². The van der Waals surface area contributed by atoms with Gasteiger partial charge >= 0.3 is 13.1 Å². The van der Waals surface area contributed by atoms with Crippen LogP contribution < -0.4 is 14.9 Å². The van der Waals surface area contributed by atoms with Crippen LogP contribution in [0.3, 0.4) is 0 Å². The summed E-state index contributed by atoms with van der Waals surface area (Å²) in [4.78, 5) is 7.71. The van der Waals surface area contributed by atoms with Crippen molar-refractivity contribution in [1.82, 2.24) is 9.97 Å². The van der Waals surface area contributed by atoms with E-state index in [0.717, 1.165) is 0 Å². The van der Waals surface area contributed by atoms with Gasteiger partial charge in [-0.3, -0.25) is 0 Å². The van der Waals surface area contributed by atoms with Crippen molar-refractivity contribution in [2.45, 2.75) is 0 Å². The molecule has 6 nitrogen and oxygen atoms in total. The van der Waals surface area contributed by atoms with E-state index in [2.05, 4.69) is 9.97 Å². The van der Waals surface area contributed by atoms with E-state index in [1.807, 2.05) is 0 Å². The van der Waals surface area contributed by atoms with Crippen molar-refractivity contribution < 1.29 is 19.5 Å². The van der Waals surface area contributed by atoms with Gasteiger partial charge in [0.05, 0.1) is 7.11 Å². The number of methoxy groups -OCH3 is 1. The third kappa shape index (κ3) is 2.96. The first kappa shape index (κ1) is 12.3. The fourth-order valence-corrected chi connectivity index (χ4v) is 1.28. The Morgan fingerprint density at radius 3 is 2.39 bits per heavy atom. The van der Waals surface area contributed by atoms with E-state index in [1.165, 1.54) is 12.4 Å². The molecule has 0 unspecified atom stereocenters. The zero-order valence-corrected chi connectivity index (χ0v) is 9.65. The highest BCUT2D eigenvalue weighted by molar-refractivity contribution is 6.58. The van der Waals surface area contributed by atoms with Gasteiger partial charge in [0, 0.05) is 23.9 Å². The molecule has 2 aromatic rings. The molecular formula is C11H11BN2O4. The Morgan fingerprint density at radius 2 is 1.78 bits per heavy atom. The minimum Gasteiger partial charge on any atom is -0.497 e. The largest absolute Gasteiger partial charge is 0.497 e. The van der Waals surface area contributed by atoms with Crippen LogP contribution in [-0.2, 0) is 0 Å². The van der Waals surface area contributed by atoms with Gasteiger partial charge in [-0.15, -0.1) is 0 Å². The maximum Gasteiger partial charge on any atom is 0.491 e. The van der Waals surface area contributed by atoms with Crippen molar-refractivity contribution in [3.63, 3.8) is 0 Å². The Bertz CT molecular complexity index is 519. The number of rotatable bonds is 4. The van der Waals surface area contributed by atoms with Crippen LogP contribution in [0.15, 0.2) is 36.7 Å². The first-order valence-corrected chi connectivity index (χ1v) is 5.19. The van der Waals surface area contributed by atoms with Crippen LogP contribution in [0, 0.1) is 0 Å². The van der Waals surface area contributed by atoms with Crippen molar-refractivity contribution in [3.8, 4) is 17.5 Å². The number of hydrogen-bond acceptors (Lipinski definition) is 6. The van der Waals surface area contributed by atoms with E-state index in [1.54, 1.807) is 31.4 Å². The predicted octanol–water partition coefficient (Wildman–Crippen LogP) is -0.0427. The second kappa shape index (κ2) is 5.48. The molecule has 0 aliphatic carbocycles. The normalized spacial score (nSPS) is 9.94. The van der Waals surface area contributed by atoms with Gasteiger partial charge in [0.2, 0.25) is 0 Å². The molecular weight excluding hydrogens is 235 g/mol. The molecule has 1 aromatic carbocycles. The number of hydrogen-bond donors (Lipinski definition) is 2. The maximum absolute atomic E-state index is 8.89. The third-order valence-corrected chi connectivity index (χ3v) is 2.20. The molecule has 0 amide bonds. The molecule has 2 rings (SSSR count). The van der Waals surface area contributed by atoms with Crippen LogP contribution in [0.2, 0.25) is 0 Å². The summed E-state index contributed by atoms with van der Waals surface area (Å²) in [6.45, 7) is 0. The van der Waals surface area contributed by atoms with Crippen LogP contribution in [0.25, 0.3) is 0 Å². The van der Waals surface area contributed by atoms with E-state index in [0.29, 0.717) is 11.5 Å². The Morgan fingerprint density at radius 1 is 1.11 bits per heavy atom. The van der Waals surface area contributed by atoms with Gasteiger partial charge in [-0.05, 0) is 12.1 Å². The molecule has 0 saturated heterocycles. The lowest BCUT2D eigenvalue weighted by molar-refractivity contribution is 0.404. The van der Waals surface area contributed by atoms with Gasteiger partial charge in [-0.25, -0.2) is 9.97 Å². The first-order chi connectivity index (χ1) is 8.69. The quantitative estimate of drug-likeness (QED) is 0.736. The first-order valence-electron chi connectivity index (χ1n) is 5.19. The molecule has 0 radical (unpaired) electrons. The van der Waals surface area contributed by atoms with Crippen LogP contribution in [0.1, 0.15) is 0 Å². The Balaban J connectivity index is 2.13. The lowest BCUT2D eigenvalue weighted by Gasteiger charge is -2.05. The van der Waals surface area contributed by atoms with Crippen LogP contribution in [-0.4, -0.2) is 34.2 Å². The monoisotopic (exact) mass is 246 g/mol. The highest BCUT2D eigenvalue weighted by Crippen LogP contribution is 2.22. The summed E-state index contributed by atoms with van der Waals surface area (Å²) in [6, 6.07) is 7.12. The molecule has 7 heteroatoms. The predicted molar refractivity (Wildman–Crippen MR) is 64.9 cm³/mol. The molecule has 0 bridgehead atoms. The molecule has 1 heterocycles. The molecule has 0 spiro atoms. The lowest BCUT2D eigenvalue weighted by atomic mass is 9.83. The van der Waals surface area contributed by atoms with E-state index < -0.39 is 7.12 Å². The van der Waals surface area contributed by atoms with Crippen molar-refractivity contribution >= 4 is 12.6 Å². The molecule has 2 N–H and O–H groups in total. The number of benzene rings is 1. The molecule has 1 aromatic heterocycles. The highest BCUT2D eigenvalue weighted by atomic mass is 16.5. The minimum absolute atomic E-state index is 0.118. The summed E-state index contributed by atoms with van der Waals surface area (Å²) in [5.41, 5.74) is 0.202. The maximum atomic E-state index is 8.89. The average Bonchev–Trinajstić information content (AvgIpc) is 2.39. The summed E-state index contributed by atoms with van der Waals surface area (Å²) < 4.78 is 10.4. The molecule has 0 aliphatic heterocycles. The number of nitrogens with zero attached hydrogens (tertiary/aromatic N) is 2. The second-order valence-electron chi connectivity index (χ2n) is 3.45. The van der Waals surface area contributed by atoms with Crippen LogP contribution >= 0.6 is 0 Å². The molecule has 18 heavy (non-hydrogen) atoms. The zero-order chi connectivity index (χ0) is 13.0. The van der Waals surface area contributed by atoms with Crippen molar-refractivity contribution in [2.24, 2.45) is 0 Å². The number of ether oxygens (including phenoxy) is 2. The minimum atomic E-state index is -1.59. The van der Waals surface area contributed by atoms with E-state index in [9.17, 15) is 0 Å². The second-order valence-corrected chi connectivity index (χ2v) is 3.45. The fraction of sp³-hybridized carbons (Fsp3) is 0.0909. The van der Waals surface area contributed by atoms with Crippen molar-refractivity contribution in [1.29, 1.82) is 0 Å². The molecule has 0 aliphatic rings. The van der Waals surface area contributed by atoms with Gasteiger partial charge in [0.1, 0.15) is 11.5 Å². The summed E-state index contributed by atoms with van der Waals surface area (Å²) in [5, 5.41) is 17.8. The summed E-state index contributed by atoms with van der Waals surface area (Å²) >= 11 is 0. The smallest absolute Gasteiger partial charge is 0.491 e.